The predicted octanol–water partition coefficient (Wildman–Crippen LogP) is 3.67. The Morgan fingerprint density at radius 2 is 1.92 bits per heavy atom. The number of imidazole rings is 1. The van der Waals surface area contributed by atoms with E-state index in [4.69, 9.17) is 0 Å². The molecule has 0 atom stereocenters. The van der Waals surface area contributed by atoms with Crippen LogP contribution in [0.1, 0.15) is 30.0 Å². The summed E-state index contributed by atoms with van der Waals surface area (Å²) >= 11 is 0. The van der Waals surface area contributed by atoms with Crippen LogP contribution in [0.4, 0.5) is 4.39 Å². The zero-order valence-electron chi connectivity index (χ0n) is 15.1. The SMILES string of the molecule is CC(C)N(Cc1cccc(-c2ccc(F)cc2)n1)C(=O)c1cn(C)cn1. The summed E-state index contributed by atoms with van der Waals surface area (Å²) < 4.78 is 14.9. The maximum atomic E-state index is 13.1. The molecule has 0 bridgehead atoms. The molecule has 1 amide bonds. The van der Waals surface area contributed by atoms with Crippen LogP contribution in [0.15, 0.2) is 55.0 Å². The van der Waals surface area contributed by atoms with Crippen LogP contribution in [0.3, 0.4) is 0 Å². The van der Waals surface area contributed by atoms with Gasteiger partial charge in [-0.1, -0.05) is 6.07 Å². The molecule has 0 spiro atoms. The second-order valence-corrected chi connectivity index (χ2v) is 6.47. The molecule has 3 aromatic rings. The van der Waals surface area contributed by atoms with Crippen molar-refractivity contribution in [2.45, 2.75) is 26.4 Å². The third-order valence-electron chi connectivity index (χ3n) is 4.09. The smallest absolute Gasteiger partial charge is 0.274 e. The predicted molar refractivity (Wildman–Crippen MR) is 97.8 cm³/mol. The topological polar surface area (TPSA) is 51.0 Å². The van der Waals surface area contributed by atoms with Gasteiger partial charge in [-0.15, -0.1) is 0 Å². The zero-order chi connectivity index (χ0) is 18.7. The molecule has 2 aromatic heterocycles. The highest BCUT2D eigenvalue weighted by atomic mass is 19.1. The lowest BCUT2D eigenvalue weighted by Crippen LogP contribution is -2.36. The Labute approximate surface area is 152 Å². The molecular formula is C20H21FN4O. The lowest BCUT2D eigenvalue weighted by molar-refractivity contribution is 0.0682. The van der Waals surface area contributed by atoms with Crippen LogP contribution in [0.25, 0.3) is 11.3 Å². The van der Waals surface area contributed by atoms with Crippen molar-refractivity contribution in [3.8, 4) is 11.3 Å². The van der Waals surface area contributed by atoms with E-state index in [1.54, 1.807) is 34.1 Å². The number of aromatic nitrogens is 3. The Kier molecular flexibility index (Phi) is 5.11. The lowest BCUT2D eigenvalue weighted by Gasteiger charge is -2.25. The Bertz CT molecular complexity index is 902. The summed E-state index contributed by atoms with van der Waals surface area (Å²) in [6, 6.07) is 11.9. The fourth-order valence-corrected chi connectivity index (χ4v) is 2.68. The van der Waals surface area contributed by atoms with Crippen LogP contribution >= 0.6 is 0 Å². The number of rotatable bonds is 5. The summed E-state index contributed by atoms with van der Waals surface area (Å²) in [6.07, 6.45) is 3.32. The quantitative estimate of drug-likeness (QED) is 0.704. The highest BCUT2D eigenvalue weighted by Gasteiger charge is 2.21. The van der Waals surface area contributed by atoms with Crippen LogP contribution in [0.5, 0.6) is 0 Å². The van der Waals surface area contributed by atoms with E-state index in [0.29, 0.717) is 12.2 Å². The molecule has 3 rings (SSSR count). The number of carbonyl (C=O) groups is 1. The normalized spacial score (nSPS) is 11.0. The Balaban J connectivity index is 1.84. The minimum Gasteiger partial charge on any atom is -0.340 e. The van der Waals surface area contributed by atoms with Gasteiger partial charge in [-0.2, -0.15) is 0 Å². The molecule has 134 valence electrons. The molecule has 0 saturated heterocycles. The van der Waals surface area contributed by atoms with Crippen LogP contribution in [-0.4, -0.2) is 31.4 Å². The number of aryl methyl sites for hydroxylation is 1. The number of hydrogen-bond donors (Lipinski definition) is 0. The third kappa shape index (κ3) is 3.96. The molecule has 0 radical (unpaired) electrons. The van der Waals surface area contributed by atoms with Crippen molar-refractivity contribution in [2.75, 3.05) is 0 Å². The van der Waals surface area contributed by atoms with Gasteiger partial charge >= 0.3 is 0 Å². The number of benzene rings is 1. The number of carbonyl (C=O) groups excluding carboxylic acids is 1. The summed E-state index contributed by atoms with van der Waals surface area (Å²) in [6.45, 7) is 4.30. The first-order valence-corrected chi connectivity index (χ1v) is 8.45. The van der Waals surface area contributed by atoms with Crippen LogP contribution in [0.2, 0.25) is 0 Å². The summed E-state index contributed by atoms with van der Waals surface area (Å²) in [4.78, 5) is 23.3. The van der Waals surface area contributed by atoms with E-state index in [2.05, 4.69) is 9.97 Å². The van der Waals surface area contributed by atoms with Gasteiger partial charge in [0, 0.05) is 24.8 Å². The first-order valence-electron chi connectivity index (χ1n) is 8.45. The number of amides is 1. The van der Waals surface area contributed by atoms with Gasteiger partial charge in [0.25, 0.3) is 5.91 Å². The van der Waals surface area contributed by atoms with E-state index >= 15 is 0 Å². The number of pyridine rings is 1. The largest absolute Gasteiger partial charge is 0.340 e. The van der Waals surface area contributed by atoms with Crippen molar-refractivity contribution < 1.29 is 9.18 Å². The van der Waals surface area contributed by atoms with E-state index in [1.807, 2.05) is 39.1 Å². The monoisotopic (exact) mass is 352 g/mol. The van der Waals surface area contributed by atoms with Crippen molar-refractivity contribution in [2.24, 2.45) is 7.05 Å². The molecule has 1 aromatic carbocycles. The summed E-state index contributed by atoms with van der Waals surface area (Å²) in [5, 5.41) is 0. The number of halogens is 1. The maximum Gasteiger partial charge on any atom is 0.274 e. The molecule has 26 heavy (non-hydrogen) atoms. The van der Waals surface area contributed by atoms with Gasteiger partial charge in [0.2, 0.25) is 0 Å². The van der Waals surface area contributed by atoms with Crippen molar-refractivity contribution >= 4 is 5.91 Å². The fourth-order valence-electron chi connectivity index (χ4n) is 2.68. The molecule has 0 aliphatic heterocycles. The summed E-state index contributed by atoms with van der Waals surface area (Å²) in [7, 11) is 1.83. The van der Waals surface area contributed by atoms with Crippen molar-refractivity contribution in [1.29, 1.82) is 0 Å². The van der Waals surface area contributed by atoms with Crippen molar-refractivity contribution in [3.63, 3.8) is 0 Å². The van der Waals surface area contributed by atoms with E-state index in [9.17, 15) is 9.18 Å². The average Bonchev–Trinajstić information content (AvgIpc) is 3.06. The van der Waals surface area contributed by atoms with Crippen molar-refractivity contribution in [1.82, 2.24) is 19.4 Å². The Morgan fingerprint density at radius 3 is 2.54 bits per heavy atom. The van der Waals surface area contributed by atoms with Gasteiger partial charge < -0.3 is 9.47 Å². The van der Waals surface area contributed by atoms with E-state index < -0.39 is 0 Å². The van der Waals surface area contributed by atoms with Gasteiger partial charge in [0.05, 0.1) is 24.3 Å². The third-order valence-corrected chi connectivity index (χ3v) is 4.09. The Morgan fingerprint density at radius 1 is 1.19 bits per heavy atom. The number of nitrogens with zero attached hydrogens (tertiary/aromatic N) is 4. The molecule has 6 heteroatoms. The molecule has 0 saturated carbocycles. The average molecular weight is 352 g/mol. The molecule has 0 aliphatic rings. The van der Waals surface area contributed by atoms with Gasteiger partial charge in [0.15, 0.2) is 0 Å². The molecule has 0 fully saturated rings. The highest BCUT2D eigenvalue weighted by molar-refractivity contribution is 5.92. The minimum absolute atomic E-state index is 0.000725. The molecule has 0 aliphatic carbocycles. The highest BCUT2D eigenvalue weighted by Crippen LogP contribution is 2.19. The van der Waals surface area contributed by atoms with E-state index in [-0.39, 0.29) is 17.8 Å². The van der Waals surface area contributed by atoms with Gasteiger partial charge in [-0.05, 0) is 50.2 Å². The fraction of sp³-hybridized carbons (Fsp3) is 0.250. The second kappa shape index (κ2) is 7.47. The molecule has 2 heterocycles. The minimum atomic E-state index is -0.281. The van der Waals surface area contributed by atoms with Gasteiger partial charge in [-0.3, -0.25) is 9.78 Å². The first kappa shape index (κ1) is 17.8. The first-order chi connectivity index (χ1) is 12.4. The zero-order valence-corrected chi connectivity index (χ0v) is 15.1. The summed E-state index contributed by atoms with van der Waals surface area (Å²) in [5.41, 5.74) is 2.76. The van der Waals surface area contributed by atoms with Gasteiger partial charge in [0.1, 0.15) is 11.5 Å². The number of hydrogen-bond acceptors (Lipinski definition) is 3. The molecule has 0 unspecified atom stereocenters. The van der Waals surface area contributed by atoms with Crippen LogP contribution in [-0.2, 0) is 13.6 Å². The molecule has 5 nitrogen and oxygen atoms in total. The maximum absolute atomic E-state index is 13.1. The second-order valence-electron chi connectivity index (χ2n) is 6.47. The lowest BCUT2D eigenvalue weighted by atomic mass is 10.1. The van der Waals surface area contributed by atoms with E-state index in [1.165, 1.54) is 12.1 Å². The molecular weight excluding hydrogens is 331 g/mol. The summed E-state index contributed by atoms with van der Waals surface area (Å²) in [5.74, 6) is -0.411. The van der Waals surface area contributed by atoms with Crippen LogP contribution < -0.4 is 0 Å². The van der Waals surface area contributed by atoms with Gasteiger partial charge in [-0.25, -0.2) is 9.37 Å². The van der Waals surface area contributed by atoms with E-state index in [0.717, 1.165) is 17.0 Å². The molecule has 0 N–H and O–H groups in total. The standard InChI is InChI=1S/C20H21FN4O/c1-14(2)25(20(26)19-12-24(3)13-22-19)11-17-5-4-6-18(23-17)15-7-9-16(21)10-8-15/h4-10,12-14H,11H2,1-3H3. The van der Waals surface area contributed by atoms with Crippen LogP contribution in [0, 0.1) is 5.82 Å². The Hall–Kier alpha value is -3.02. The van der Waals surface area contributed by atoms with Crippen molar-refractivity contribution in [3.05, 3.63) is 72.2 Å².